The molecule has 3 aromatic rings. The number of benzene rings is 1. The number of hydrogen-bond donors (Lipinski definition) is 2. The number of carbonyl (C=O) groups is 1. The van der Waals surface area contributed by atoms with Crippen molar-refractivity contribution >= 4 is 50.8 Å². The van der Waals surface area contributed by atoms with Crippen LogP contribution in [0.15, 0.2) is 50.9 Å². The number of aromatic nitrogens is 3. The fourth-order valence-electron chi connectivity index (χ4n) is 2.22. The van der Waals surface area contributed by atoms with Gasteiger partial charge in [-0.25, -0.2) is 9.97 Å². The Balaban J connectivity index is 1.51. The summed E-state index contributed by atoms with van der Waals surface area (Å²) in [4.78, 5) is 24.6. The largest absolute Gasteiger partial charge is 0.480 e. The lowest BCUT2D eigenvalue weighted by atomic mass is 10.2. The lowest BCUT2D eigenvalue weighted by molar-refractivity contribution is -0.138. The van der Waals surface area contributed by atoms with Gasteiger partial charge in [-0.2, -0.15) is 0 Å². The zero-order chi connectivity index (χ0) is 20.1. The molecule has 9 heteroatoms. The van der Waals surface area contributed by atoms with E-state index in [0.717, 1.165) is 32.2 Å². The molecule has 3 rings (SSSR count). The third-order valence-electron chi connectivity index (χ3n) is 3.87. The summed E-state index contributed by atoms with van der Waals surface area (Å²) in [6.45, 7) is 4.03. The number of anilines is 1. The predicted molar refractivity (Wildman–Crippen MR) is 117 cm³/mol. The summed E-state index contributed by atoms with van der Waals surface area (Å²) >= 11 is 6.16. The second-order valence-electron chi connectivity index (χ2n) is 6.49. The van der Waals surface area contributed by atoms with E-state index >= 15 is 0 Å². The Hall–Kier alpha value is -1.97. The van der Waals surface area contributed by atoms with E-state index in [-0.39, 0.29) is 0 Å². The van der Waals surface area contributed by atoms with Crippen LogP contribution in [0.2, 0.25) is 0 Å². The number of halogens is 1. The van der Waals surface area contributed by atoms with Crippen LogP contribution < -0.4 is 5.32 Å². The van der Waals surface area contributed by atoms with Gasteiger partial charge in [0.2, 0.25) is 0 Å². The van der Waals surface area contributed by atoms with Crippen LogP contribution >= 0.6 is 39.0 Å². The van der Waals surface area contributed by atoms with Crippen LogP contribution in [0.4, 0.5) is 5.82 Å². The second kappa shape index (κ2) is 9.02. The van der Waals surface area contributed by atoms with Gasteiger partial charge in [0.25, 0.3) is 0 Å². The van der Waals surface area contributed by atoms with Crippen molar-refractivity contribution in [3.8, 4) is 11.3 Å². The summed E-state index contributed by atoms with van der Waals surface area (Å²) in [5, 5.41) is 14.4. The molecule has 0 saturated carbocycles. The quantitative estimate of drug-likeness (QED) is 0.441. The lowest BCUT2D eigenvalue weighted by Crippen LogP contribution is -2.26. The molecule has 0 spiro atoms. The maximum atomic E-state index is 11.2. The van der Waals surface area contributed by atoms with Crippen molar-refractivity contribution in [2.24, 2.45) is 0 Å². The Kier molecular flexibility index (Phi) is 6.69. The van der Waals surface area contributed by atoms with E-state index in [1.54, 1.807) is 26.2 Å². The first-order chi connectivity index (χ1) is 13.3. The Bertz CT molecular complexity index is 943. The zero-order valence-corrected chi connectivity index (χ0v) is 18.6. The molecule has 6 nitrogen and oxygen atoms in total. The first-order valence-corrected chi connectivity index (χ1v) is 11.0. The predicted octanol–water partition coefficient (Wildman–Crippen LogP) is 4.97. The highest BCUT2D eigenvalue weighted by Crippen LogP contribution is 2.34. The highest BCUT2D eigenvalue weighted by molar-refractivity contribution is 9.10. The molecular weight excluding hydrogens is 460 g/mol. The fraction of sp³-hybridized carbons (Fsp3) is 0.263. The van der Waals surface area contributed by atoms with Gasteiger partial charge in [-0.1, -0.05) is 39.8 Å². The number of rotatable bonds is 8. The molecule has 1 aromatic carbocycles. The van der Waals surface area contributed by atoms with Gasteiger partial charge in [-0.05, 0) is 26.0 Å². The van der Waals surface area contributed by atoms with E-state index in [0.29, 0.717) is 12.4 Å². The molecule has 0 fully saturated rings. The van der Waals surface area contributed by atoms with Gasteiger partial charge in [0.15, 0.2) is 4.34 Å². The molecule has 2 N–H and O–H groups in total. The number of thiazole rings is 1. The monoisotopic (exact) mass is 478 g/mol. The average molecular weight is 479 g/mol. The average Bonchev–Trinajstić information content (AvgIpc) is 3.09. The Labute approximate surface area is 180 Å². The van der Waals surface area contributed by atoms with Crippen LogP contribution in [0, 0.1) is 0 Å². The summed E-state index contributed by atoms with van der Waals surface area (Å²) in [5.41, 5.74) is 2.76. The molecule has 0 saturated heterocycles. The maximum absolute atomic E-state index is 11.2. The van der Waals surface area contributed by atoms with Crippen molar-refractivity contribution in [3.05, 3.63) is 52.2 Å². The van der Waals surface area contributed by atoms with Crippen molar-refractivity contribution in [2.45, 2.75) is 29.4 Å². The molecule has 0 aliphatic carbocycles. The SMILES string of the molecule is CC(C)(Sc1nc(CCNc2cnc(-c3ccc(Br)cc3)cn2)cs1)C(=O)O. The van der Waals surface area contributed by atoms with Crippen molar-refractivity contribution in [1.82, 2.24) is 15.0 Å². The number of thioether (sulfide) groups is 1. The standard InChI is InChI=1S/C19H19BrN4O2S2/c1-19(2,17(25)26)28-18-24-14(11-27-18)7-8-21-16-10-22-15(9-23-16)12-3-5-13(20)6-4-12/h3-6,9-11H,7-8H2,1-2H3,(H,21,23)(H,25,26). The molecule has 0 bridgehead atoms. The van der Waals surface area contributed by atoms with Gasteiger partial charge in [0.05, 0.1) is 23.8 Å². The molecule has 28 heavy (non-hydrogen) atoms. The summed E-state index contributed by atoms with van der Waals surface area (Å²) in [7, 11) is 0. The first kappa shape index (κ1) is 20.8. The van der Waals surface area contributed by atoms with E-state index in [1.807, 2.05) is 29.6 Å². The lowest BCUT2D eigenvalue weighted by Gasteiger charge is -2.15. The topological polar surface area (TPSA) is 88.0 Å². The summed E-state index contributed by atoms with van der Waals surface area (Å²) < 4.78 is 0.901. The van der Waals surface area contributed by atoms with Crippen LogP contribution in [0.25, 0.3) is 11.3 Å². The van der Waals surface area contributed by atoms with Crippen LogP contribution in [-0.4, -0.2) is 37.3 Å². The second-order valence-corrected chi connectivity index (χ2v) is 10.1. The Morgan fingerprint density at radius 1 is 1.25 bits per heavy atom. The van der Waals surface area contributed by atoms with E-state index in [2.05, 4.69) is 36.2 Å². The number of carboxylic acid groups (broad SMARTS) is 1. The Morgan fingerprint density at radius 3 is 2.64 bits per heavy atom. The third kappa shape index (κ3) is 5.52. The maximum Gasteiger partial charge on any atom is 0.319 e. The van der Waals surface area contributed by atoms with Crippen molar-refractivity contribution < 1.29 is 9.90 Å². The van der Waals surface area contributed by atoms with Crippen LogP contribution in [0.1, 0.15) is 19.5 Å². The smallest absolute Gasteiger partial charge is 0.319 e. The summed E-state index contributed by atoms with van der Waals surface area (Å²) in [6.07, 6.45) is 4.19. The molecule has 0 radical (unpaired) electrons. The molecule has 0 amide bonds. The molecule has 0 aliphatic heterocycles. The van der Waals surface area contributed by atoms with Crippen molar-refractivity contribution in [1.29, 1.82) is 0 Å². The molecule has 146 valence electrons. The third-order valence-corrected chi connectivity index (χ3v) is 6.57. The number of nitrogens with zero attached hydrogens (tertiary/aromatic N) is 3. The minimum Gasteiger partial charge on any atom is -0.480 e. The number of hydrogen-bond acceptors (Lipinski definition) is 7. The molecule has 0 unspecified atom stereocenters. The Morgan fingerprint density at radius 2 is 2.00 bits per heavy atom. The normalized spacial score (nSPS) is 11.4. The highest BCUT2D eigenvalue weighted by Gasteiger charge is 2.29. The highest BCUT2D eigenvalue weighted by atomic mass is 79.9. The zero-order valence-electron chi connectivity index (χ0n) is 15.3. The van der Waals surface area contributed by atoms with E-state index in [9.17, 15) is 9.90 Å². The first-order valence-electron chi connectivity index (χ1n) is 8.52. The van der Waals surface area contributed by atoms with Gasteiger partial charge < -0.3 is 10.4 Å². The van der Waals surface area contributed by atoms with E-state index in [1.165, 1.54) is 23.1 Å². The van der Waals surface area contributed by atoms with Gasteiger partial charge in [-0.15, -0.1) is 11.3 Å². The molecule has 2 aromatic heterocycles. The molecule has 2 heterocycles. The molecule has 0 atom stereocenters. The van der Waals surface area contributed by atoms with E-state index < -0.39 is 10.7 Å². The van der Waals surface area contributed by atoms with Crippen molar-refractivity contribution in [2.75, 3.05) is 11.9 Å². The number of aliphatic carboxylic acids is 1. The van der Waals surface area contributed by atoms with Gasteiger partial charge in [-0.3, -0.25) is 9.78 Å². The minimum absolute atomic E-state index is 0.669. The van der Waals surface area contributed by atoms with Crippen molar-refractivity contribution in [3.63, 3.8) is 0 Å². The van der Waals surface area contributed by atoms with Gasteiger partial charge in [0, 0.05) is 28.4 Å². The van der Waals surface area contributed by atoms with Crippen LogP contribution in [0.3, 0.4) is 0 Å². The molecular formula is C19H19BrN4O2S2. The number of nitrogens with one attached hydrogen (secondary N) is 1. The van der Waals surface area contributed by atoms with Crippen LogP contribution in [0.5, 0.6) is 0 Å². The van der Waals surface area contributed by atoms with Gasteiger partial charge >= 0.3 is 5.97 Å². The van der Waals surface area contributed by atoms with Crippen LogP contribution in [-0.2, 0) is 11.2 Å². The minimum atomic E-state index is -0.889. The molecule has 0 aliphatic rings. The number of carboxylic acids is 1. The summed E-state index contributed by atoms with van der Waals surface area (Å²) in [6, 6.07) is 7.93. The van der Waals surface area contributed by atoms with E-state index in [4.69, 9.17) is 0 Å². The summed E-state index contributed by atoms with van der Waals surface area (Å²) in [5.74, 6) is -0.140. The van der Waals surface area contributed by atoms with Gasteiger partial charge in [0.1, 0.15) is 10.6 Å². The fourth-order valence-corrected chi connectivity index (χ4v) is 4.71.